The Hall–Kier alpha value is -1.06. The molecular weight excluding hydrogens is 226 g/mol. The Morgan fingerprint density at radius 1 is 1.39 bits per heavy atom. The van der Waals surface area contributed by atoms with Crippen LogP contribution in [0.5, 0.6) is 0 Å². The monoisotopic (exact) mass is 249 g/mol. The van der Waals surface area contributed by atoms with Crippen LogP contribution in [0.3, 0.4) is 0 Å². The minimum absolute atomic E-state index is 0.387. The van der Waals surface area contributed by atoms with Crippen molar-refractivity contribution in [3.63, 3.8) is 0 Å². The zero-order chi connectivity index (χ0) is 13.0. The first-order valence-electron chi connectivity index (χ1n) is 6.72. The van der Waals surface area contributed by atoms with E-state index in [1.165, 1.54) is 18.5 Å². The fraction of sp³-hybridized carbons (Fsp3) is 0.600. The molecule has 0 spiro atoms. The second kappa shape index (κ2) is 6.21. The maximum Gasteiger partial charge on any atom is 0.0761 e. The van der Waals surface area contributed by atoms with Gasteiger partial charge in [-0.1, -0.05) is 12.1 Å². The van der Waals surface area contributed by atoms with Crippen molar-refractivity contribution < 1.29 is 9.84 Å². The number of hydrogen-bond donors (Lipinski definition) is 1. The first kappa shape index (κ1) is 13.4. The molecule has 0 aliphatic carbocycles. The van der Waals surface area contributed by atoms with Crippen LogP contribution in [0.25, 0.3) is 0 Å². The first-order chi connectivity index (χ1) is 8.70. The summed E-state index contributed by atoms with van der Waals surface area (Å²) < 4.78 is 5.26. The lowest BCUT2D eigenvalue weighted by atomic mass is 9.98. The highest BCUT2D eigenvalue weighted by Crippen LogP contribution is 2.24. The van der Waals surface area contributed by atoms with Gasteiger partial charge in [0.2, 0.25) is 0 Å². The van der Waals surface area contributed by atoms with E-state index in [0.717, 1.165) is 25.3 Å². The van der Waals surface area contributed by atoms with E-state index < -0.39 is 0 Å². The summed E-state index contributed by atoms with van der Waals surface area (Å²) >= 11 is 0. The summed E-state index contributed by atoms with van der Waals surface area (Å²) in [6.45, 7) is 4.84. The summed E-state index contributed by atoms with van der Waals surface area (Å²) in [6, 6.07) is 8.24. The van der Waals surface area contributed by atoms with Crippen LogP contribution in [0.2, 0.25) is 0 Å². The molecule has 1 aromatic carbocycles. The minimum Gasteiger partial charge on any atom is -0.389 e. The summed E-state index contributed by atoms with van der Waals surface area (Å²) in [5.41, 5.74) is 2.23. The number of ether oxygens (including phenoxy) is 1. The number of nitrogens with zero attached hydrogens (tertiary/aromatic N) is 1. The molecule has 0 amide bonds. The SMILES string of the molecule is COCC1CCCN(c2ccc([C@@H](C)O)cc2)C1. The summed E-state index contributed by atoms with van der Waals surface area (Å²) in [4.78, 5) is 2.42. The fourth-order valence-corrected chi connectivity index (χ4v) is 2.63. The smallest absolute Gasteiger partial charge is 0.0761 e. The molecule has 1 N–H and O–H groups in total. The van der Waals surface area contributed by atoms with Gasteiger partial charge in [0.25, 0.3) is 0 Å². The molecule has 0 aromatic heterocycles. The van der Waals surface area contributed by atoms with Crippen molar-refractivity contribution in [3.8, 4) is 0 Å². The third kappa shape index (κ3) is 3.24. The Kier molecular flexibility index (Phi) is 4.61. The zero-order valence-electron chi connectivity index (χ0n) is 11.3. The summed E-state index contributed by atoms with van der Waals surface area (Å²) in [6.07, 6.45) is 2.10. The molecule has 1 fully saturated rings. The molecule has 18 heavy (non-hydrogen) atoms. The van der Waals surface area contributed by atoms with Crippen molar-refractivity contribution >= 4 is 5.69 Å². The van der Waals surface area contributed by atoms with Gasteiger partial charge < -0.3 is 14.7 Å². The van der Waals surface area contributed by atoms with Crippen molar-refractivity contribution in [1.82, 2.24) is 0 Å². The highest BCUT2D eigenvalue weighted by Gasteiger charge is 2.19. The van der Waals surface area contributed by atoms with E-state index in [4.69, 9.17) is 4.74 Å². The van der Waals surface area contributed by atoms with Crippen LogP contribution in [0.1, 0.15) is 31.4 Å². The first-order valence-corrected chi connectivity index (χ1v) is 6.72. The molecule has 3 nitrogen and oxygen atoms in total. The number of benzene rings is 1. The Morgan fingerprint density at radius 2 is 2.11 bits per heavy atom. The second-order valence-electron chi connectivity index (χ2n) is 5.18. The number of piperidine rings is 1. The summed E-state index contributed by atoms with van der Waals surface area (Å²) in [5.74, 6) is 0.639. The van der Waals surface area contributed by atoms with E-state index in [1.807, 2.05) is 12.1 Å². The third-order valence-electron chi connectivity index (χ3n) is 3.66. The van der Waals surface area contributed by atoms with Crippen LogP contribution >= 0.6 is 0 Å². The van der Waals surface area contributed by atoms with Gasteiger partial charge in [0, 0.05) is 25.9 Å². The van der Waals surface area contributed by atoms with E-state index in [1.54, 1.807) is 14.0 Å². The fourth-order valence-electron chi connectivity index (χ4n) is 2.63. The van der Waals surface area contributed by atoms with Crippen LogP contribution in [-0.4, -0.2) is 31.9 Å². The normalized spacial score (nSPS) is 21.9. The molecule has 3 heteroatoms. The van der Waals surface area contributed by atoms with Crippen LogP contribution in [0, 0.1) is 5.92 Å². The number of aliphatic hydroxyl groups is 1. The van der Waals surface area contributed by atoms with Gasteiger partial charge in [-0.25, -0.2) is 0 Å². The average Bonchev–Trinajstić information content (AvgIpc) is 2.39. The Morgan fingerprint density at radius 3 is 2.72 bits per heavy atom. The molecule has 100 valence electrons. The van der Waals surface area contributed by atoms with Gasteiger partial charge in [-0.05, 0) is 43.4 Å². The number of aliphatic hydroxyl groups excluding tert-OH is 1. The van der Waals surface area contributed by atoms with Gasteiger partial charge in [-0.3, -0.25) is 0 Å². The predicted molar refractivity (Wildman–Crippen MR) is 73.9 cm³/mol. The predicted octanol–water partition coefficient (Wildman–Crippen LogP) is 2.60. The van der Waals surface area contributed by atoms with E-state index in [0.29, 0.717) is 5.92 Å². The van der Waals surface area contributed by atoms with Crippen LogP contribution in [0.4, 0.5) is 5.69 Å². The number of methoxy groups -OCH3 is 1. The molecule has 0 bridgehead atoms. The molecule has 1 heterocycles. The van der Waals surface area contributed by atoms with Crippen molar-refractivity contribution in [1.29, 1.82) is 0 Å². The third-order valence-corrected chi connectivity index (χ3v) is 3.66. The van der Waals surface area contributed by atoms with Gasteiger partial charge in [-0.15, -0.1) is 0 Å². The second-order valence-corrected chi connectivity index (χ2v) is 5.18. The van der Waals surface area contributed by atoms with Crippen molar-refractivity contribution in [3.05, 3.63) is 29.8 Å². The van der Waals surface area contributed by atoms with Gasteiger partial charge in [0.15, 0.2) is 0 Å². The number of hydrogen-bond acceptors (Lipinski definition) is 3. The Bertz CT molecular complexity index is 359. The standard InChI is InChI=1S/C15H23NO2/c1-12(17)14-5-7-15(8-6-14)16-9-3-4-13(10-16)11-18-2/h5-8,12-13,17H,3-4,9-11H2,1-2H3/t12-,13?/m1/s1. The summed E-state index contributed by atoms with van der Waals surface area (Å²) in [7, 11) is 1.77. The van der Waals surface area contributed by atoms with E-state index in [-0.39, 0.29) is 6.10 Å². The Labute approximate surface area is 109 Å². The molecule has 2 atom stereocenters. The lowest BCUT2D eigenvalue weighted by Crippen LogP contribution is -2.37. The van der Waals surface area contributed by atoms with Crippen LogP contribution < -0.4 is 4.90 Å². The highest BCUT2D eigenvalue weighted by atomic mass is 16.5. The molecular formula is C15H23NO2. The molecule has 1 aliphatic heterocycles. The number of rotatable bonds is 4. The van der Waals surface area contributed by atoms with Crippen molar-refractivity contribution in [2.24, 2.45) is 5.92 Å². The maximum atomic E-state index is 9.51. The van der Waals surface area contributed by atoms with E-state index >= 15 is 0 Å². The molecule has 2 rings (SSSR count). The number of anilines is 1. The topological polar surface area (TPSA) is 32.7 Å². The van der Waals surface area contributed by atoms with Gasteiger partial charge >= 0.3 is 0 Å². The van der Waals surface area contributed by atoms with Gasteiger partial charge in [-0.2, -0.15) is 0 Å². The lowest BCUT2D eigenvalue weighted by Gasteiger charge is -2.34. The lowest BCUT2D eigenvalue weighted by molar-refractivity contribution is 0.143. The van der Waals surface area contributed by atoms with Crippen molar-refractivity contribution in [2.75, 3.05) is 31.7 Å². The highest BCUT2D eigenvalue weighted by molar-refractivity contribution is 5.48. The van der Waals surface area contributed by atoms with E-state index in [2.05, 4.69) is 17.0 Å². The zero-order valence-corrected chi connectivity index (χ0v) is 11.3. The van der Waals surface area contributed by atoms with E-state index in [9.17, 15) is 5.11 Å². The van der Waals surface area contributed by atoms with Crippen molar-refractivity contribution in [2.45, 2.75) is 25.9 Å². The summed E-state index contributed by atoms with van der Waals surface area (Å²) in [5, 5.41) is 9.51. The average molecular weight is 249 g/mol. The minimum atomic E-state index is -0.387. The Balaban J connectivity index is 2.02. The molecule has 1 saturated heterocycles. The van der Waals surface area contributed by atoms with Crippen LogP contribution in [0.15, 0.2) is 24.3 Å². The molecule has 1 unspecified atom stereocenters. The molecule has 0 radical (unpaired) electrons. The van der Waals surface area contributed by atoms with Crippen LogP contribution in [-0.2, 0) is 4.74 Å². The molecule has 1 aliphatic rings. The molecule has 0 saturated carbocycles. The van der Waals surface area contributed by atoms with Gasteiger partial charge in [0.05, 0.1) is 12.7 Å². The molecule has 1 aromatic rings. The largest absolute Gasteiger partial charge is 0.389 e. The van der Waals surface area contributed by atoms with Gasteiger partial charge in [0.1, 0.15) is 0 Å². The maximum absolute atomic E-state index is 9.51. The quantitative estimate of drug-likeness (QED) is 0.890.